The van der Waals surface area contributed by atoms with Crippen LogP contribution in [0.3, 0.4) is 0 Å². The highest BCUT2D eigenvalue weighted by molar-refractivity contribution is 5.69. The Morgan fingerprint density at radius 1 is 1.75 bits per heavy atom. The second-order valence-electron chi connectivity index (χ2n) is 2.23. The third kappa shape index (κ3) is 2.30. The second-order valence-corrected chi connectivity index (χ2v) is 2.23. The first-order chi connectivity index (χ1) is 5.72. The van der Waals surface area contributed by atoms with Gasteiger partial charge in [-0.05, 0) is 0 Å². The van der Waals surface area contributed by atoms with Gasteiger partial charge >= 0.3 is 5.97 Å². The van der Waals surface area contributed by atoms with Crippen molar-refractivity contribution in [1.29, 1.82) is 0 Å². The molecular weight excluding hydrogens is 165 g/mol. The Hall–Kier alpha value is -1.46. The van der Waals surface area contributed by atoms with Crippen LogP contribution in [0.1, 0.15) is 5.69 Å². The number of aryl methyl sites for hydroxylation is 1. The van der Waals surface area contributed by atoms with Gasteiger partial charge in [-0.3, -0.25) is 4.79 Å². The molecule has 0 atom stereocenters. The number of carboxylic acids is 1. The van der Waals surface area contributed by atoms with E-state index in [2.05, 4.69) is 10.3 Å². The molecule has 1 N–H and O–H groups in total. The predicted molar refractivity (Wildman–Crippen MR) is 37.3 cm³/mol. The Bertz CT molecular complexity index is 274. The summed E-state index contributed by atoms with van der Waals surface area (Å²) in [7, 11) is 0. The van der Waals surface area contributed by atoms with Crippen LogP contribution in [-0.4, -0.2) is 32.7 Å². The number of carboxylic acid groups (broad SMARTS) is 1. The van der Waals surface area contributed by atoms with Crippen molar-refractivity contribution < 1.29 is 14.3 Å². The highest BCUT2D eigenvalue weighted by Crippen LogP contribution is 1.94. The van der Waals surface area contributed by atoms with Crippen LogP contribution < -0.4 is 0 Å². The van der Waals surface area contributed by atoms with Crippen molar-refractivity contribution in [3.63, 3.8) is 0 Å². The standard InChI is InChI=1S/C6H8FN3O2/c7-1-2-10-4-5(8-9-10)3-6(11)12/h4H,1-3H2,(H,11,12). The van der Waals surface area contributed by atoms with E-state index in [0.29, 0.717) is 5.69 Å². The molecule has 0 aliphatic heterocycles. The number of nitrogens with zero attached hydrogens (tertiary/aromatic N) is 3. The van der Waals surface area contributed by atoms with Gasteiger partial charge in [0.05, 0.1) is 18.7 Å². The molecule has 0 bridgehead atoms. The molecule has 5 nitrogen and oxygen atoms in total. The van der Waals surface area contributed by atoms with Gasteiger partial charge in [-0.2, -0.15) is 0 Å². The fourth-order valence-corrected chi connectivity index (χ4v) is 0.770. The zero-order valence-electron chi connectivity index (χ0n) is 6.27. The number of rotatable bonds is 4. The van der Waals surface area contributed by atoms with Crippen molar-refractivity contribution in [1.82, 2.24) is 15.0 Å². The summed E-state index contributed by atoms with van der Waals surface area (Å²) < 4.78 is 13.0. The van der Waals surface area contributed by atoms with Crippen LogP contribution in [0.4, 0.5) is 4.39 Å². The molecule has 66 valence electrons. The van der Waals surface area contributed by atoms with Crippen molar-refractivity contribution in [2.75, 3.05) is 6.67 Å². The van der Waals surface area contributed by atoms with Crippen molar-refractivity contribution in [3.05, 3.63) is 11.9 Å². The third-order valence-electron chi connectivity index (χ3n) is 1.23. The highest BCUT2D eigenvalue weighted by Gasteiger charge is 2.04. The van der Waals surface area contributed by atoms with Gasteiger partial charge in [0.15, 0.2) is 0 Å². The Morgan fingerprint density at radius 2 is 2.50 bits per heavy atom. The van der Waals surface area contributed by atoms with Crippen molar-refractivity contribution in [2.45, 2.75) is 13.0 Å². The van der Waals surface area contributed by atoms with Gasteiger partial charge in [-0.15, -0.1) is 5.10 Å². The molecule has 6 heteroatoms. The molecule has 0 spiro atoms. The maximum atomic E-state index is 11.7. The van der Waals surface area contributed by atoms with Crippen molar-refractivity contribution in [2.24, 2.45) is 0 Å². The number of alkyl halides is 1. The first-order valence-electron chi connectivity index (χ1n) is 3.39. The second kappa shape index (κ2) is 3.80. The summed E-state index contributed by atoms with van der Waals surface area (Å²) in [5.74, 6) is -0.970. The van der Waals surface area contributed by atoms with Crippen LogP contribution in [0.15, 0.2) is 6.20 Å². The van der Waals surface area contributed by atoms with Crippen LogP contribution in [-0.2, 0) is 17.8 Å². The predicted octanol–water partition coefficient (Wildman–Crippen LogP) is -0.125. The minimum Gasteiger partial charge on any atom is -0.481 e. The molecule has 0 radical (unpaired) electrons. The van der Waals surface area contributed by atoms with Crippen molar-refractivity contribution >= 4 is 5.97 Å². The molecule has 0 aromatic carbocycles. The number of halogens is 1. The lowest BCUT2D eigenvalue weighted by Gasteiger charge is -1.90. The quantitative estimate of drug-likeness (QED) is 0.688. The average molecular weight is 173 g/mol. The molecule has 1 aromatic rings. The SMILES string of the molecule is O=C(O)Cc1cn(CCF)nn1. The van der Waals surface area contributed by atoms with E-state index in [1.54, 1.807) is 0 Å². The van der Waals surface area contributed by atoms with E-state index in [1.165, 1.54) is 10.9 Å². The van der Waals surface area contributed by atoms with Gasteiger partial charge in [0, 0.05) is 6.20 Å². The van der Waals surface area contributed by atoms with E-state index in [9.17, 15) is 9.18 Å². The Morgan fingerprint density at radius 3 is 3.08 bits per heavy atom. The molecule has 0 unspecified atom stereocenters. The molecule has 0 saturated heterocycles. The normalized spacial score (nSPS) is 10.1. The lowest BCUT2D eigenvalue weighted by molar-refractivity contribution is -0.136. The zero-order chi connectivity index (χ0) is 8.97. The van der Waals surface area contributed by atoms with E-state index in [-0.39, 0.29) is 13.0 Å². The molecule has 1 rings (SSSR count). The summed E-state index contributed by atoms with van der Waals surface area (Å²) in [6.07, 6.45) is 1.25. The Labute approximate surface area is 67.8 Å². The van der Waals surface area contributed by atoms with Crippen LogP contribution in [0.5, 0.6) is 0 Å². The molecule has 0 saturated carbocycles. The van der Waals surface area contributed by atoms with Gasteiger partial charge in [0.1, 0.15) is 6.67 Å². The Kier molecular flexibility index (Phi) is 2.73. The maximum absolute atomic E-state index is 11.7. The smallest absolute Gasteiger partial charge is 0.309 e. The summed E-state index contributed by atoms with van der Waals surface area (Å²) in [6, 6.07) is 0. The topological polar surface area (TPSA) is 68.0 Å². The molecule has 0 fully saturated rings. The van der Waals surface area contributed by atoms with Gasteiger partial charge in [-0.25, -0.2) is 9.07 Å². The van der Waals surface area contributed by atoms with E-state index in [1.807, 2.05) is 0 Å². The van der Waals surface area contributed by atoms with E-state index >= 15 is 0 Å². The summed E-state index contributed by atoms with van der Waals surface area (Å²) >= 11 is 0. The first kappa shape index (κ1) is 8.63. The summed E-state index contributed by atoms with van der Waals surface area (Å²) in [4.78, 5) is 10.2. The molecule has 1 aromatic heterocycles. The van der Waals surface area contributed by atoms with E-state index in [4.69, 9.17) is 5.11 Å². The lowest BCUT2D eigenvalue weighted by atomic mass is 10.3. The van der Waals surface area contributed by atoms with Gasteiger partial charge in [0.2, 0.25) is 0 Å². The number of carbonyl (C=O) groups is 1. The van der Waals surface area contributed by atoms with Gasteiger partial charge < -0.3 is 5.11 Å². The summed E-state index contributed by atoms with van der Waals surface area (Å²) in [5, 5.41) is 15.4. The van der Waals surface area contributed by atoms with Crippen LogP contribution >= 0.6 is 0 Å². The van der Waals surface area contributed by atoms with Gasteiger partial charge in [0.25, 0.3) is 0 Å². The average Bonchev–Trinajstić information content (AvgIpc) is 2.36. The first-order valence-corrected chi connectivity index (χ1v) is 3.39. The maximum Gasteiger partial charge on any atom is 0.309 e. The molecular formula is C6H8FN3O2. The third-order valence-corrected chi connectivity index (χ3v) is 1.23. The Balaban J connectivity index is 2.58. The van der Waals surface area contributed by atoms with Crippen LogP contribution in [0, 0.1) is 0 Å². The molecule has 0 amide bonds. The van der Waals surface area contributed by atoms with E-state index in [0.717, 1.165) is 0 Å². The summed E-state index contributed by atoms with van der Waals surface area (Å²) in [6.45, 7) is -0.414. The fraction of sp³-hybridized carbons (Fsp3) is 0.500. The fourth-order valence-electron chi connectivity index (χ4n) is 0.770. The summed E-state index contributed by atoms with van der Waals surface area (Å²) in [5.41, 5.74) is 0.343. The number of hydrogen-bond donors (Lipinski definition) is 1. The number of aromatic nitrogens is 3. The molecule has 0 aliphatic rings. The minimum absolute atomic E-state index is 0.118. The molecule has 12 heavy (non-hydrogen) atoms. The van der Waals surface area contributed by atoms with Gasteiger partial charge in [-0.1, -0.05) is 5.21 Å². The van der Waals surface area contributed by atoms with Crippen LogP contribution in [0.25, 0.3) is 0 Å². The number of hydrogen-bond acceptors (Lipinski definition) is 3. The van der Waals surface area contributed by atoms with Crippen LogP contribution in [0.2, 0.25) is 0 Å². The monoisotopic (exact) mass is 173 g/mol. The molecule has 1 heterocycles. The lowest BCUT2D eigenvalue weighted by Crippen LogP contribution is -2.00. The minimum atomic E-state index is -0.970. The number of aliphatic carboxylic acids is 1. The molecule has 0 aliphatic carbocycles. The zero-order valence-corrected chi connectivity index (χ0v) is 6.27. The largest absolute Gasteiger partial charge is 0.481 e. The highest BCUT2D eigenvalue weighted by atomic mass is 19.1. The van der Waals surface area contributed by atoms with Crippen molar-refractivity contribution in [3.8, 4) is 0 Å². The van der Waals surface area contributed by atoms with E-state index < -0.39 is 12.6 Å².